The summed E-state index contributed by atoms with van der Waals surface area (Å²) < 4.78 is 5.10. The highest BCUT2D eigenvalue weighted by atomic mass is 32.2. The molecule has 2 aromatic rings. The first-order valence-electron chi connectivity index (χ1n) is 4.71. The van der Waals surface area contributed by atoms with Gasteiger partial charge in [0.05, 0.1) is 5.56 Å². The number of rotatable bonds is 3. The van der Waals surface area contributed by atoms with E-state index < -0.39 is 5.97 Å². The van der Waals surface area contributed by atoms with Crippen LogP contribution in [0.2, 0.25) is 0 Å². The molecule has 0 aliphatic rings. The number of hydrogen-bond acceptors (Lipinski definition) is 4. The minimum atomic E-state index is -1.11. The molecule has 0 fully saturated rings. The number of nitrogens with zero attached hydrogens (tertiary/aromatic N) is 1. The molecule has 5 heteroatoms. The first-order chi connectivity index (χ1) is 8.20. The van der Waals surface area contributed by atoms with E-state index in [4.69, 9.17) is 14.8 Å². The van der Waals surface area contributed by atoms with Crippen LogP contribution in [0.4, 0.5) is 0 Å². The molecule has 0 spiro atoms. The number of benzene rings is 1. The van der Waals surface area contributed by atoms with Crippen LogP contribution in [-0.4, -0.2) is 11.1 Å². The van der Waals surface area contributed by atoms with Crippen LogP contribution in [-0.2, 0) is 0 Å². The van der Waals surface area contributed by atoms with Crippen LogP contribution in [0.25, 0.3) is 0 Å². The van der Waals surface area contributed by atoms with E-state index in [-0.39, 0.29) is 5.76 Å². The minimum Gasteiger partial charge on any atom is -0.475 e. The molecule has 0 bridgehead atoms. The van der Waals surface area contributed by atoms with Gasteiger partial charge in [0, 0.05) is 4.90 Å². The van der Waals surface area contributed by atoms with Gasteiger partial charge >= 0.3 is 5.97 Å². The maximum atomic E-state index is 10.6. The largest absolute Gasteiger partial charge is 0.475 e. The third-order valence-electron chi connectivity index (χ3n) is 2.01. The van der Waals surface area contributed by atoms with Crippen molar-refractivity contribution in [2.45, 2.75) is 9.99 Å². The van der Waals surface area contributed by atoms with Gasteiger partial charge in [-0.1, -0.05) is 23.9 Å². The number of carboxylic acids is 1. The molecule has 0 aliphatic heterocycles. The smallest absolute Gasteiger partial charge is 0.371 e. The highest BCUT2D eigenvalue weighted by molar-refractivity contribution is 7.99. The summed E-state index contributed by atoms with van der Waals surface area (Å²) in [6, 6.07) is 12.1. The lowest BCUT2D eigenvalue weighted by molar-refractivity contribution is 0.0656. The number of furan rings is 1. The van der Waals surface area contributed by atoms with Crippen molar-refractivity contribution in [2.75, 3.05) is 0 Å². The molecule has 17 heavy (non-hydrogen) atoms. The molecular weight excluding hydrogens is 238 g/mol. The Morgan fingerprint density at radius 3 is 2.71 bits per heavy atom. The fourth-order valence-corrected chi connectivity index (χ4v) is 2.10. The Bertz CT molecular complexity index is 598. The van der Waals surface area contributed by atoms with Gasteiger partial charge in [-0.3, -0.25) is 0 Å². The van der Waals surface area contributed by atoms with Crippen molar-refractivity contribution < 1.29 is 14.3 Å². The van der Waals surface area contributed by atoms with E-state index in [1.165, 1.54) is 17.8 Å². The predicted molar refractivity (Wildman–Crippen MR) is 60.9 cm³/mol. The third-order valence-corrected chi connectivity index (χ3v) is 3.01. The SMILES string of the molecule is N#Cc1ccccc1Sc1ccc(C(=O)O)o1. The number of nitriles is 1. The van der Waals surface area contributed by atoms with Crippen molar-refractivity contribution in [2.24, 2.45) is 0 Å². The fraction of sp³-hybridized carbons (Fsp3) is 0. The zero-order chi connectivity index (χ0) is 12.3. The molecule has 0 atom stereocenters. The molecule has 2 rings (SSSR count). The molecule has 1 aromatic carbocycles. The average molecular weight is 245 g/mol. The highest BCUT2D eigenvalue weighted by Crippen LogP contribution is 2.31. The van der Waals surface area contributed by atoms with Gasteiger partial charge in [-0.15, -0.1) is 0 Å². The number of aromatic carboxylic acids is 1. The predicted octanol–water partition coefficient (Wildman–Crippen LogP) is 3.00. The van der Waals surface area contributed by atoms with Crippen LogP contribution >= 0.6 is 11.8 Å². The Morgan fingerprint density at radius 1 is 1.29 bits per heavy atom. The molecule has 4 nitrogen and oxygen atoms in total. The summed E-state index contributed by atoms with van der Waals surface area (Å²) in [6.07, 6.45) is 0. The fourth-order valence-electron chi connectivity index (χ4n) is 1.25. The van der Waals surface area contributed by atoms with E-state index in [1.54, 1.807) is 24.3 Å². The molecule has 1 heterocycles. The molecule has 0 unspecified atom stereocenters. The van der Waals surface area contributed by atoms with Gasteiger partial charge in [0.1, 0.15) is 6.07 Å². The lowest BCUT2D eigenvalue weighted by atomic mass is 10.2. The van der Waals surface area contributed by atoms with Crippen molar-refractivity contribution in [3.63, 3.8) is 0 Å². The first kappa shape index (κ1) is 11.3. The minimum absolute atomic E-state index is 0.109. The van der Waals surface area contributed by atoms with Gasteiger partial charge < -0.3 is 9.52 Å². The Balaban J connectivity index is 2.26. The summed E-state index contributed by atoms with van der Waals surface area (Å²) in [5.74, 6) is -1.22. The third kappa shape index (κ3) is 2.49. The monoisotopic (exact) mass is 245 g/mol. The zero-order valence-corrected chi connectivity index (χ0v) is 9.40. The lowest BCUT2D eigenvalue weighted by Crippen LogP contribution is -1.91. The molecule has 0 saturated heterocycles. The maximum Gasteiger partial charge on any atom is 0.371 e. The number of hydrogen-bond donors (Lipinski definition) is 1. The Kier molecular flexibility index (Phi) is 3.17. The lowest BCUT2D eigenvalue weighted by Gasteiger charge is -1.99. The van der Waals surface area contributed by atoms with Gasteiger partial charge in [-0.25, -0.2) is 4.79 Å². The number of carboxylic acid groups (broad SMARTS) is 1. The summed E-state index contributed by atoms with van der Waals surface area (Å²) in [4.78, 5) is 11.4. The van der Waals surface area contributed by atoms with Crippen LogP contribution in [0.1, 0.15) is 16.1 Å². The quantitative estimate of drug-likeness (QED) is 0.899. The molecule has 0 aliphatic carbocycles. The van der Waals surface area contributed by atoms with Crippen molar-refractivity contribution in [1.82, 2.24) is 0 Å². The van der Waals surface area contributed by atoms with Crippen molar-refractivity contribution in [3.8, 4) is 6.07 Å². The van der Waals surface area contributed by atoms with Gasteiger partial charge in [0.25, 0.3) is 0 Å². The molecule has 1 aromatic heterocycles. The molecule has 0 radical (unpaired) electrons. The summed E-state index contributed by atoms with van der Waals surface area (Å²) in [5, 5.41) is 18.1. The first-order valence-corrected chi connectivity index (χ1v) is 5.52. The van der Waals surface area contributed by atoms with E-state index in [0.29, 0.717) is 10.7 Å². The summed E-state index contributed by atoms with van der Waals surface area (Å²) in [5.41, 5.74) is 0.533. The van der Waals surface area contributed by atoms with E-state index in [2.05, 4.69) is 6.07 Å². The van der Waals surface area contributed by atoms with Gasteiger partial charge in [0.15, 0.2) is 5.09 Å². The van der Waals surface area contributed by atoms with Crippen LogP contribution in [0.15, 0.2) is 50.8 Å². The van der Waals surface area contributed by atoms with Crippen LogP contribution in [0.5, 0.6) is 0 Å². The Hall–Kier alpha value is -2.19. The average Bonchev–Trinajstić information content (AvgIpc) is 2.78. The van der Waals surface area contributed by atoms with Crippen molar-refractivity contribution in [3.05, 3.63) is 47.7 Å². The molecular formula is C12H7NO3S. The Labute approximate surface area is 101 Å². The highest BCUT2D eigenvalue weighted by Gasteiger charge is 2.11. The van der Waals surface area contributed by atoms with Crippen molar-refractivity contribution in [1.29, 1.82) is 5.26 Å². The summed E-state index contributed by atoms with van der Waals surface area (Å²) in [7, 11) is 0. The van der Waals surface area contributed by atoms with Crippen LogP contribution in [0.3, 0.4) is 0 Å². The van der Waals surface area contributed by atoms with E-state index in [9.17, 15) is 4.79 Å². The summed E-state index contributed by atoms with van der Waals surface area (Å²) >= 11 is 1.22. The van der Waals surface area contributed by atoms with E-state index in [0.717, 1.165) is 4.90 Å². The second-order valence-corrected chi connectivity index (χ2v) is 4.18. The van der Waals surface area contributed by atoms with Crippen LogP contribution in [0, 0.1) is 11.3 Å². The molecule has 84 valence electrons. The second kappa shape index (κ2) is 4.76. The molecule has 0 amide bonds. The summed E-state index contributed by atoms with van der Waals surface area (Å²) in [6.45, 7) is 0. The molecule has 0 saturated carbocycles. The van der Waals surface area contributed by atoms with Gasteiger partial charge in [-0.05, 0) is 24.3 Å². The van der Waals surface area contributed by atoms with Crippen molar-refractivity contribution >= 4 is 17.7 Å². The van der Waals surface area contributed by atoms with Gasteiger partial charge in [-0.2, -0.15) is 5.26 Å². The van der Waals surface area contributed by atoms with Gasteiger partial charge in [0.2, 0.25) is 5.76 Å². The van der Waals surface area contributed by atoms with Crippen LogP contribution < -0.4 is 0 Å². The van der Waals surface area contributed by atoms with E-state index in [1.807, 2.05) is 6.07 Å². The second-order valence-electron chi connectivity index (χ2n) is 3.13. The standard InChI is InChI=1S/C12H7NO3S/c13-7-8-3-1-2-4-10(8)17-11-6-5-9(16-11)12(14)15/h1-6H,(H,14,15). The topological polar surface area (TPSA) is 74.2 Å². The normalized spacial score (nSPS) is 9.82. The Morgan fingerprint density at radius 2 is 2.06 bits per heavy atom. The maximum absolute atomic E-state index is 10.6. The molecule has 1 N–H and O–H groups in total. The number of carbonyl (C=O) groups is 1. The van der Waals surface area contributed by atoms with E-state index >= 15 is 0 Å². The zero-order valence-electron chi connectivity index (χ0n) is 8.58.